The third-order valence-electron chi connectivity index (χ3n) is 1.84. The number of aromatic nitrogens is 2. The van der Waals surface area contributed by atoms with Gasteiger partial charge in [0.25, 0.3) is 0 Å². The van der Waals surface area contributed by atoms with Gasteiger partial charge in [-0.1, -0.05) is 0 Å². The van der Waals surface area contributed by atoms with E-state index in [-0.39, 0.29) is 13.2 Å². The predicted molar refractivity (Wildman–Crippen MR) is 60.8 cm³/mol. The lowest BCUT2D eigenvalue weighted by Gasteiger charge is -2.12. The number of aliphatic hydroxyl groups excluding tert-OH is 2. The first-order valence-electron chi connectivity index (χ1n) is 4.58. The number of nitrogens with zero attached hydrogens (tertiary/aromatic N) is 2. The number of rotatable bonds is 4. The van der Waals surface area contributed by atoms with Gasteiger partial charge in [0.1, 0.15) is 11.6 Å². The molecular formula is C9H14BrN3O2. The monoisotopic (exact) mass is 275 g/mol. The highest BCUT2D eigenvalue weighted by atomic mass is 79.9. The molecule has 84 valence electrons. The molecule has 0 fully saturated rings. The van der Waals surface area contributed by atoms with Crippen molar-refractivity contribution in [3.8, 4) is 0 Å². The number of hydrogen-bond acceptors (Lipinski definition) is 5. The standard InChI is InChI=1S/C9H14BrN3O2/c1-5-8(10)9(13-6(2)12-5)11-3-7(15)4-14/h7,14-15H,3-4H2,1-2H3,(H,11,12,13)/t7-/m1/s1. The Labute approximate surface area is 96.7 Å². The minimum Gasteiger partial charge on any atom is -0.394 e. The van der Waals surface area contributed by atoms with E-state index in [0.29, 0.717) is 11.6 Å². The Balaban J connectivity index is 2.76. The number of halogens is 1. The zero-order valence-corrected chi connectivity index (χ0v) is 10.2. The summed E-state index contributed by atoms with van der Waals surface area (Å²) in [6, 6.07) is 0. The molecule has 0 saturated carbocycles. The van der Waals surface area contributed by atoms with E-state index in [0.717, 1.165) is 10.2 Å². The first kappa shape index (κ1) is 12.4. The van der Waals surface area contributed by atoms with E-state index in [1.807, 2.05) is 6.92 Å². The Morgan fingerprint density at radius 1 is 1.40 bits per heavy atom. The molecule has 0 aliphatic heterocycles. The first-order chi connectivity index (χ1) is 7.04. The number of hydrogen-bond donors (Lipinski definition) is 3. The molecule has 0 amide bonds. The molecule has 1 heterocycles. The smallest absolute Gasteiger partial charge is 0.144 e. The van der Waals surface area contributed by atoms with Crippen LogP contribution in [0.4, 0.5) is 5.82 Å². The SMILES string of the molecule is Cc1nc(C)c(Br)c(NC[C@@H](O)CO)n1. The highest BCUT2D eigenvalue weighted by Crippen LogP contribution is 2.22. The van der Waals surface area contributed by atoms with Crippen molar-refractivity contribution in [2.45, 2.75) is 20.0 Å². The molecule has 0 unspecified atom stereocenters. The fourth-order valence-electron chi connectivity index (χ4n) is 1.10. The number of aryl methyl sites for hydroxylation is 2. The molecule has 0 radical (unpaired) electrons. The van der Waals surface area contributed by atoms with Gasteiger partial charge < -0.3 is 15.5 Å². The molecule has 0 aliphatic carbocycles. The molecule has 1 rings (SSSR count). The second-order valence-corrected chi connectivity index (χ2v) is 4.03. The fraction of sp³-hybridized carbons (Fsp3) is 0.556. The van der Waals surface area contributed by atoms with Crippen molar-refractivity contribution in [1.82, 2.24) is 9.97 Å². The van der Waals surface area contributed by atoms with Gasteiger partial charge in [0.2, 0.25) is 0 Å². The van der Waals surface area contributed by atoms with Crippen LogP contribution in [0.5, 0.6) is 0 Å². The van der Waals surface area contributed by atoms with Gasteiger partial charge in [0.05, 0.1) is 22.9 Å². The maximum atomic E-state index is 9.18. The summed E-state index contributed by atoms with van der Waals surface area (Å²) in [6.45, 7) is 3.65. The van der Waals surface area contributed by atoms with Crippen molar-refractivity contribution in [3.63, 3.8) is 0 Å². The summed E-state index contributed by atoms with van der Waals surface area (Å²) in [4.78, 5) is 8.35. The normalized spacial score (nSPS) is 12.6. The highest BCUT2D eigenvalue weighted by Gasteiger charge is 2.08. The second kappa shape index (κ2) is 5.39. The third-order valence-corrected chi connectivity index (χ3v) is 2.79. The Morgan fingerprint density at radius 2 is 2.07 bits per heavy atom. The zero-order chi connectivity index (χ0) is 11.4. The van der Waals surface area contributed by atoms with Crippen LogP contribution in [0, 0.1) is 13.8 Å². The Hall–Kier alpha value is -0.720. The van der Waals surface area contributed by atoms with Gasteiger partial charge in [-0.15, -0.1) is 0 Å². The summed E-state index contributed by atoms with van der Waals surface area (Å²) in [7, 11) is 0. The average molecular weight is 276 g/mol. The van der Waals surface area contributed by atoms with Crippen molar-refractivity contribution >= 4 is 21.7 Å². The minimum absolute atomic E-state index is 0.255. The van der Waals surface area contributed by atoms with E-state index in [1.54, 1.807) is 6.92 Å². The molecule has 0 aliphatic rings. The van der Waals surface area contributed by atoms with Gasteiger partial charge in [-0.25, -0.2) is 9.97 Å². The molecule has 0 spiro atoms. The summed E-state index contributed by atoms with van der Waals surface area (Å²) in [5.74, 6) is 1.30. The lowest BCUT2D eigenvalue weighted by atomic mass is 10.3. The molecule has 6 heteroatoms. The maximum Gasteiger partial charge on any atom is 0.144 e. The van der Waals surface area contributed by atoms with Crippen LogP contribution in [0.3, 0.4) is 0 Å². The molecule has 5 nitrogen and oxygen atoms in total. The van der Waals surface area contributed by atoms with Gasteiger partial charge in [-0.3, -0.25) is 0 Å². The summed E-state index contributed by atoms with van der Waals surface area (Å²) < 4.78 is 0.776. The van der Waals surface area contributed by atoms with Crippen LogP contribution in [0.1, 0.15) is 11.5 Å². The van der Waals surface area contributed by atoms with Crippen LogP contribution in [-0.4, -0.2) is 39.4 Å². The van der Waals surface area contributed by atoms with Crippen LogP contribution in [0.2, 0.25) is 0 Å². The number of nitrogens with one attached hydrogen (secondary N) is 1. The molecular weight excluding hydrogens is 262 g/mol. The largest absolute Gasteiger partial charge is 0.394 e. The van der Waals surface area contributed by atoms with Crippen molar-refractivity contribution in [3.05, 3.63) is 16.0 Å². The van der Waals surface area contributed by atoms with Crippen LogP contribution < -0.4 is 5.32 Å². The first-order valence-corrected chi connectivity index (χ1v) is 5.37. The molecule has 1 atom stereocenters. The van der Waals surface area contributed by atoms with Crippen LogP contribution in [0.25, 0.3) is 0 Å². The lowest BCUT2D eigenvalue weighted by molar-refractivity contribution is 0.105. The van der Waals surface area contributed by atoms with Crippen molar-refractivity contribution in [2.75, 3.05) is 18.5 Å². The van der Waals surface area contributed by atoms with Crippen LogP contribution >= 0.6 is 15.9 Å². The highest BCUT2D eigenvalue weighted by molar-refractivity contribution is 9.10. The maximum absolute atomic E-state index is 9.18. The van der Waals surface area contributed by atoms with Gasteiger partial charge >= 0.3 is 0 Å². The Morgan fingerprint density at radius 3 is 2.67 bits per heavy atom. The summed E-state index contributed by atoms with van der Waals surface area (Å²) in [5, 5.41) is 20.8. The van der Waals surface area contributed by atoms with Gasteiger partial charge in [0.15, 0.2) is 0 Å². The van der Waals surface area contributed by atoms with Gasteiger partial charge in [-0.05, 0) is 29.8 Å². The van der Waals surface area contributed by atoms with Crippen molar-refractivity contribution in [2.24, 2.45) is 0 Å². The van der Waals surface area contributed by atoms with Crippen molar-refractivity contribution < 1.29 is 10.2 Å². The van der Waals surface area contributed by atoms with E-state index < -0.39 is 6.10 Å². The van der Waals surface area contributed by atoms with Crippen molar-refractivity contribution in [1.29, 1.82) is 0 Å². The molecule has 1 aromatic rings. The average Bonchev–Trinajstić information content (AvgIpc) is 2.20. The predicted octanol–water partition coefficient (Wildman–Crippen LogP) is 0.621. The van der Waals surface area contributed by atoms with E-state index in [1.165, 1.54) is 0 Å². The second-order valence-electron chi connectivity index (χ2n) is 3.24. The Bertz CT molecular complexity index is 346. The van der Waals surface area contributed by atoms with E-state index in [4.69, 9.17) is 5.11 Å². The molecule has 15 heavy (non-hydrogen) atoms. The topological polar surface area (TPSA) is 78.3 Å². The summed E-state index contributed by atoms with van der Waals surface area (Å²) in [5.41, 5.74) is 0.837. The molecule has 0 aromatic carbocycles. The van der Waals surface area contributed by atoms with Crippen LogP contribution in [-0.2, 0) is 0 Å². The molecule has 3 N–H and O–H groups in total. The zero-order valence-electron chi connectivity index (χ0n) is 8.66. The lowest BCUT2D eigenvalue weighted by Crippen LogP contribution is -2.23. The molecule has 0 bridgehead atoms. The van der Waals surface area contributed by atoms with Gasteiger partial charge in [-0.2, -0.15) is 0 Å². The van der Waals surface area contributed by atoms with Crippen LogP contribution in [0.15, 0.2) is 4.47 Å². The number of aliphatic hydroxyl groups is 2. The summed E-state index contributed by atoms with van der Waals surface area (Å²) >= 11 is 3.35. The van der Waals surface area contributed by atoms with E-state index in [9.17, 15) is 5.11 Å². The van der Waals surface area contributed by atoms with E-state index in [2.05, 4.69) is 31.2 Å². The third kappa shape index (κ3) is 3.40. The summed E-state index contributed by atoms with van der Waals surface area (Å²) in [6.07, 6.45) is -0.785. The minimum atomic E-state index is -0.785. The van der Waals surface area contributed by atoms with Gasteiger partial charge in [0, 0.05) is 6.54 Å². The molecule has 1 aromatic heterocycles. The molecule has 0 saturated heterocycles. The number of anilines is 1. The quantitative estimate of drug-likeness (QED) is 0.751. The van der Waals surface area contributed by atoms with E-state index >= 15 is 0 Å². The fourth-order valence-corrected chi connectivity index (χ4v) is 1.41. The Kier molecular flexibility index (Phi) is 4.44.